The lowest BCUT2D eigenvalue weighted by molar-refractivity contribution is -0.00337. The average Bonchev–Trinajstić information content (AvgIpc) is 2.18. The van der Waals surface area contributed by atoms with Crippen LogP contribution < -0.4 is 5.32 Å². The van der Waals surface area contributed by atoms with Gasteiger partial charge < -0.3 is 14.8 Å². The fourth-order valence-corrected chi connectivity index (χ4v) is 1.42. The summed E-state index contributed by atoms with van der Waals surface area (Å²) in [6.07, 6.45) is -0.274. The molecular weight excluding hydrogens is 172 g/mol. The SMILES string of the molecule is CNCC1COCCN1C(=O)OC. The van der Waals surface area contributed by atoms with E-state index in [1.54, 1.807) is 4.90 Å². The number of nitrogens with one attached hydrogen (secondary N) is 1. The number of amides is 1. The van der Waals surface area contributed by atoms with Gasteiger partial charge in [-0.25, -0.2) is 4.79 Å². The van der Waals surface area contributed by atoms with E-state index in [-0.39, 0.29) is 12.1 Å². The fraction of sp³-hybridized carbons (Fsp3) is 0.875. The van der Waals surface area contributed by atoms with Crippen molar-refractivity contribution in [3.8, 4) is 0 Å². The minimum atomic E-state index is -0.274. The van der Waals surface area contributed by atoms with Crippen LogP contribution in [0, 0.1) is 0 Å². The molecule has 0 spiro atoms. The number of carbonyl (C=O) groups is 1. The molecule has 76 valence electrons. The molecule has 1 unspecified atom stereocenters. The van der Waals surface area contributed by atoms with Crippen LogP contribution in [0.1, 0.15) is 0 Å². The first-order chi connectivity index (χ1) is 6.29. The number of methoxy groups -OCH3 is 1. The van der Waals surface area contributed by atoms with E-state index >= 15 is 0 Å². The van der Waals surface area contributed by atoms with E-state index in [4.69, 9.17) is 4.74 Å². The highest BCUT2D eigenvalue weighted by Gasteiger charge is 2.26. The maximum atomic E-state index is 11.3. The normalized spacial score (nSPS) is 22.9. The van der Waals surface area contributed by atoms with Crippen LogP contribution in [0.2, 0.25) is 0 Å². The Hall–Kier alpha value is -0.810. The summed E-state index contributed by atoms with van der Waals surface area (Å²) in [5.74, 6) is 0. The summed E-state index contributed by atoms with van der Waals surface area (Å²) in [5.41, 5.74) is 0. The molecular formula is C8H16N2O3. The maximum absolute atomic E-state index is 11.3. The molecule has 1 amide bonds. The summed E-state index contributed by atoms with van der Waals surface area (Å²) >= 11 is 0. The topological polar surface area (TPSA) is 50.8 Å². The summed E-state index contributed by atoms with van der Waals surface area (Å²) in [6, 6.07) is 0.0891. The standard InChI is InChI=1S/C8H16N2O3/c1-9-5-7-6-13-4-3-10(7)8(11)12-2/h7,9H,3-6H2,1-2H3. The Morgan fingerprint density at radius 1 is 1.77 bits per heavy atom. The second kappa shape index (κ2) is 5.04. The lowest BCUT2D eigenvalue weighted by Gasteiger charge is -2.34. The number of hydrogen-bond acceptors (Lipinski definition) is 4. The third kappa shape index (κ3) is 2.57. The van der Waals surface area contributed by atoms with E-state index in [1.165, 1.54) is 7.11 Å². The largest absolute Gasteiger partial charge is 0.453 e. The van der Waals surface area contributed by atoms with Crippen molar-refractivity contribution in [2.24, 2.45) is 0 Å². The zero-order valence-electron chi connectivity index (χ0n) is 8.08. The van der Waals surface area contributed by atoms with Gasteiger partial charge in [0.15, 0.2) is 0 Å². The molecule has 0 saturated carbocycles. The number of rotatable bonds is 2. The third-order valence-electron chi connectivity index (χ3n) is 2.08. The van der Waals surface area contributed by atoms with Crippen molar-refractivity contribution in [1.29, 1.82) is 0 Å². The highest BCUT2D eigenvalue weighted by atomic mass is 16.5. The summed E-state index contributed by atoms with van der Waals surface area (Å²) < 4.78 is 9.94. The van der Waals surface area contributed by atoms with Crippen molar-refractivity contribution in [2.75, 3.05) is 40.5 Å². The van der Waals surface area contributed by atoms with Gasteiger partial charge in [0.2, 0.25) is 0 Å². The Kier molecular flexibility index (Phi) is 3.98. The molecule has 1 saturated heterocycles. The summed E-state index contributed by atoms with van der Waals surface area (Å²) in [4.78, 5) is 13.0. The molecule has 1 N–H and O–H groups in total. The van der Waals surface area contributed by atoms with Crippen LogP contribution in [-0.4, -0.2) is 57.5 Å². The second-order valence-electron chi connectivity index (χ2n) is 2.95. The van der Waals surface area contributed by atoms with Gasteiger partial charge in [0, 0.05) is 13.1 Å². The molecule has 0 radical (unpaired) electrons. The molecule has 1 atom stereocenters. The van der Waals surface area contributed by atoms with Crippen LogP contribution in [0.15, 0.2) is 0 Å². The molecule has 0 aromatic rings. The van der Waals surface area contributed by atoms with Gasteiger partial charge >= 0.3 is 6.09 Å². The van der Waals surface area contributed by atoms with Crippen LogP contribution >= 0.6 is 0 Å². The Bertz CT molecular complexity index is 173. The molecule has 0 aromatic carbocycles. The maximum Gasteiger partial charge on any atom is 0.409 e. The third-order valence-corrected chi connectivity index (χ3v) is 2.08. The number of nitrogens with zero attached hydrogens (tertiary/aromatic N) is 1. The van der Waals surface area contributed by atoms with Crippen molar-refractivity contribution < 1.29 is 14.3 Å². The molecule has 13 heavy (non-hydrogen) atoms. The smallest absolute Gasteiger partial charge is 0.409 e. The van der Waals surface area contributed by atoms with E-state index in [9.17, 15) is 4.79 Å². The van der Waals surface area contributed by atoms with Gasteiger partial charge in [0.05, 0.1) is 26.4 Å². The minimum Gasteiger partial charge on any atom is -0.453 e. The molecule has 1 aliphatic rings. The van der Waals surface area contributed by atoms with Crippen molar-refractivity contribution in [1.82, 2.24) is 10.2 Å². The molecule has 1 rings (SSSR count). The highest BCUT2D eigenvalue weighted by Crippen LogP contribution is 2.07. The first kappa shape index (κ1) is 10.3. The predicted octanol–water partition coefficient (Wildman–Crippen LogP) is -0.327. The quantitative estimate of drug-likeness (QED) is 0.645. The molecule has 5 nitrogen and oxygen atoms in total. The van der Waals surface area contributed by atoms with E-state index in [2.05, 4.69) is 10.1 Å². The average molecular weight is 188 g/mol. The van der Waals surface area contributed by atoms with Gasteiger partial charge in [-0.15, -0.1) is 0 Å². The first-order valence-corrected chi connectivity index (χ1v) is 4.36. The molecule has 0 aromatic heterocycles. The van der Waals surface area contributed by atoms with E-state index in [0.717, 1.165) is 6.54 Å². The van der Waals surface area contributed by atoms with Crippen LogP contribution in [0.5, 0.6) is 0 Å². The molecule has 1 fully saturated rings. The number of morpholine rings is 1. The van der Waals surface area contributed by atoms with Crippen molar-refractivity contribution in [3.63, 3.8) is 0 Å². The molecule has 0 aliphatic carbocycles. The summed E-state index contributed by atoms with van der Waals surface area (Å²) in [6.45, 7) is 2.51. The lowest BCUT2D eigenvalue weighted by Crippen LogP contribution is -2.52. The van der Waals surface area contributed by atoms with Crippen LogP contribution in [0.4, 0.5) is 4.79 Å². The lowest BCUT2D eigenvalue weighted by atomic mass is 10.2. The molecule has 0 bridgehead atoms. The Balaban J connectivity index is 2.50. The Morgan fingerprint density at radius 2 is 2.54 bits per heavy atom. The fourth-order valence-electron chi connectivity index (χ4n) is 1.42. The van der Waals surface area contributed by atoms with Gasteiger partial charge in [-0.2, -0.15) is 0 Å². The highest BCUT2D eigenvalue weighted by molar-refractivity contribution is 5.68. The van der Waals surface area contributed by atoms with Crippen molar-refractivity contribution in [2.45, 2.75) is 6.04 Å². The van der Waals surface area contributed by atoms with Gasteiger partial charge in [-0.3, -0.25) is 4.90 Å². The van der Waals surface area contributed by atoms with Crippen LogP contribution in [0.25, 0.3) is 0 Å². The summed E-state index contributed by atoms with van der Waals surface area (Å²) in [5, 5.41) is 3.02. The molecule has 1 aliphatic heterocycles. The predicted molar refractivity (Wildman–Crippen MR) is 47.6 cm³/mol. The zero-order valence-corrected chi connectivity index (χ0v) is 8.08. The first-order valence-electron chi connectivity index (χ1n) is 4.36. The van der Waals surface area contributed by atoms with E-state index in [1.807, 2.05) is 7.05 Å². The summed E-state index contributed by atoms with van der Waals surface area (Å²) in [7, 11) is 3.25. The molecule has 5 heteroatoms. The zero-order chi connectivity index (χ0) is 9.68. The van der Waals surface area contributed by atoms with E-state index in [0.29, 0.717) is 19.8 Å². The van der Waals surface area contributed by atoms with Gasteiger partial charge in [0.25, 0.3) is 0 Å². The van der Waals surface area contributed by atoms with Gasteiger partial charge in [-0.1, -0.05) is 0 Å². The van der Waals surface area contributed by atoms with Crippen molar-refractivity contribution in [3.05, 3.63) is 0 Å². The Labute approximate surface area is 78.0 Å². The monoisotopic (exact) mass is 188 g/mol. The van der Waals surface area contributed by atoms with Crippen LogP contribution in [0.3, 0.4) is 0 Å². The number of likely N-dealkylation sites (N-methyl/N-ethyl adjacent to an activating group) is 1. The minimum absolute atomic E-state index is 0.0891. The van der Waals surface area contributed by atoms with Crippen LogP contribution in [-0.2, 0) is 9.47 Å². The Morgan fingerprint density at radius 3 is 3.15 bits per heavy atom. The number of hydrogen-bond donors (Lipinski definition) is 1. The molecule has 1 heterocycles. The number of ether oxygens (including phenoxy) is 2. The number of carbonyl (C=O) groups excluding carboxylic acids is 1. The second-order valence-corrected chi connectivity index (χ2v) is 2.95. The van der Waals surface area contributed by atoms with E-state index < -0.39 is 0 Å². The van der Waals surface area contributed by atoms with Gasteiger partial charge in [0.1, 0.15) is 0 Å². The van der Waals surface area contributed by atoms with Gasteiger partial charge in [-0.05, 0) is 7.05 Å². The van der Waals surface area contributed by atoms with Crippen molar-refractivity contribution >= 4 is 6.09 Å².